The number of ether oxygens (including phenoxy) is 2. The lowest BCUT2D eigenvalue weighted by molar-refractivity contribution is -0.153. The van der Waals surface area contributed by atoms with Crippen molar-refractivity contribution in [1.29, 1.82) is 0 Å². The lowest BCUT2D eigenvalue weighted by Gasteiger charge is -2.26. The van der Waals surface area contributed by atoms with Crippen LogP contribution in [0.1, 0.15) is 46.0 Å². The van der Waals surface area contributed by atoms with Gasteiger partial charge in [0.1, 0.15) is 12.0 Å². The molecular formula is C12H20O4. The van der Waals surface area contributed by atoms with Gasteiger partial charge in [0.25, 0.3) is 0 Å². The maximum absolute atomic E-state index is 12.0. The van der Waals surface area contributed by atoms with E-state index in [1.54, 1.807) is 6.92 Å². The fraction of sp³-hybridized carbons (Fsp3) is 0.833. The van der Waals surface area contributed by atoms with E-state index < -0.39 is 11.6 Å². The van der Waals surface area contributed by atoms with E-state index in [1.807, 2.05) is 6.92 Å². The Hall–Kier alpha value is -0.900. The molecule has 1 fully saturated rings. The molecule has 0 heterocycles. The molecule has 0 unspecified atom stereocenters. The van der Waals surface area contributed by atoms with Gasteiger partial charge in [-0.15, -0.1) is 0 Å². The van der Waals surface area contributed by atoms with Crippen molar-refractivity contribution < 1.29 is 19.1 Å². The van der Waals surface area contributed by atoms with Gasteiger partial charge in [0.15, 0.2) is 5.78 Å². The van der Waals surface area contributed by atoms with Crippen molar-refractivity contribution in [1.82, 2.24) is 0 Å². The van der Waals surface area contributed by atoms with Gasteiger partial charge in [-0.25, -0.2) is 0 Å². The largest absolute Gasteiger partial charge is 0.466 e. The van der Waals surface area contributed by atoms with Crippen LogP contribution in [0.15, 0.2) is 0 Å². The van der Waals surface area contributed by atoms with Gasteiger partial charge < -0.3 is 9.47 Å². The van der Waals surface area contributed by atoms with Crippen LogP contribution in [0.5, 0.6) is 0 Å². The predicted octanol–water partition coefficient (Wildman–Crippen LogP) is 1.86. The van der Waals surface area contributed by atoms with Gasteiger partial charge in [0.05, 0.1) is 6.61 Å². The van der Waals surface area contributed by atoms with Crippen molar-refractivity contribution in [2.45, 2.75) is 51.6 Å². The van der Waals surface area contributed by atoms with E-state index in [1.165, 1.54) is 0 Å². The number of carbonyl (C=O) groups excluding carboxylic acids is 2. The number of hydrogen-bond donors (Lipinski definition) is 0. The SMILES string of the molecule is CCOC(=O)CC(=O)C1(OCC)CCCC1. The van der Waals surface area contributed by atoms with Gasteiger partial charge in [-0.1, -0.05) is 0 Å². The van der Waals surface area contributed by atoms with Gasteiger partial charge in [-0.05, 0) is 39.5 Å². The Morgan fingerprint density at radius 1 is 1.12 bits per heavy atom. The first-order chi connectivity index (χ1) is 7.64. The Morgan fingerprint density at radius 2 is 1.75 bits per heavy atom. The van der Waals surface area contributed by atoms with E-state index in [4.69, 9.17) is 9.47 Å². The van der Waals surface area contributed by atoms with E-state index >= 15 is 0 Å². The second-order valence-corrected chi connectivity index (χ2v) is 4.04. The highest BCUT2D eigenvalue weighted by Crippen LogP contribution is 2.34. The molecule has 0 spiro atoms. The number of carbonyl (C=O) groups is 2. The normalized spacial score (nSPS) is 18.4. The lowest BCUT2D eigenvalue weighted by atomic mass is 9.94. The van der Waals surface area contributed by atoms with Gasteiger partial charge in [-0.2, -0.15) is 0 Å². The molecule has 4 nitrogen and oxygen atoms in total. The first-order valence-corrected chi connectivity index (χ1v) is 5.97. The van der Waals surface area contributed by atoms with Gasteiger partial charge in [0.2, 0.25) is 0 Å². The summed E-state index contributed by atoms with van der Waals surface area (Å²) in [6.07, 6.45) is 3.30. The number of ketones is 1. The summed E-state index contributed by atoms with van der Waals surface area (Å²) in [5, 5.41) is 0. The molecule has 0 aromatic carbocycles. The van der Waals surface area contributed by atoms with Crippen LogP contribution < -0.4 is 0 Å². The molecule has 1 aliphatic rings. The number of rotatable bonds is 6. The summed E-state index contributed by atoms with van der Waals surface area (Å²) in [4.78, 5) is 23.3. The fourth-order valence-electron chi connectivity index (χ4n) is 2.23. The average Bonchev–Trinajstić information content (AvgIpc) is 2.68. The van der Waals surface area contributed by atoms with E-state index in [2.05, 4.69) is 0 Å². The van der Waals surface area contributed by atoms with Crippen LogP contribution in [-0.2, 0) is 19.1 Å². The Bertz CT molecular complexity index is 254. The van der Waals surface area contributed by atoms with Gasteiger partial charge in [0, 0.05) is 6.61 Å². The number of Topliss-reactive ketones (excluding diaryl/α,β-unsaturated/α-hetero) is 1. The van der Waals surface area contributed by atoms with E-state index in [9.17, 15) is 9.59 Å². The van der Waals surface area contributed by atoms with Gasteiger partial charge in [-0.3, -0.25) is 9.59 Å². The van der Waals surface area contributed by atoms with Crippen LogP contribution in [0.4, 0.5) is 0 Å². The molecule has 0 aliphatic heterocycles. The quantitative estimate of drug-likeness (QED) is 0.514. The summed E-state index contributed by atoms with van der Waals surface area (Å²) in [6, 6.07) is 0. The van der Waals surface area contributed by atoms with Gasteiger partial charge >= 0.3 is 5.97 Å². The van der Waals surface area contributed by atoms with Crippen LogP contribution >= 0.6 is 0 Å². The summed E-state index contributed by atoms with van der Waals surface area (Å²) in [5.41, 5.74) is -0.707. The molecule has 1 rings (SSSR count). The van der Waals surface area contributed by atoms with Crippen molar-refractivity contribution in [3.05, 3.63) is 0 Å². The fourth-order valence-corrected chi connectivity index (χ4v) is 2.23. The van der Waals surface area contributed by atoms with Crippen LogP contribution in [0.2, 0.25) is 0 Å². The highest BCUT2D eigenvalue weighted by atomic mass is 16.5. The number of hydrogen-bond acceptors (Lipinski definition) is 4. The smallest absolute Gasteiger partial charge is 0.313 e. The maximum atomic E-state index is 12.0. The Labute approximate surface area is 96.3 Å². The van der Waals surface area contributed by atoms with Crippen LogP contribution in [0.25, 0.3) is 0 Å². The molecule has 0 saturated heterocycles. The van der Waals surface area contributed by atoms with Crippen LogP contribution in [0.3, 0.4) is 0 Å². The molecule has 0 radical (unpaired) electrons. The molecule has 92 valence electrons. The second kappa shape index (κ2) is 5.99. The topological polar surface area (TPSA) is 52.6 Å². The monoisotopic (exact) mass is 228 g/mol. The summed E-state index contributed by atoms with van der Waals surface area (Å²) < 4.78 is 10.4. The summed E-state index contributed by atoms with van der Waals surface area (Å²) in [6.45, 7) is 4.43. The Balaban J connectivity index is 2.58. The van der Waals surface area contributed by atoms with Crippen molar-refractivity contribution >= 4 is 11.8 Å². The zero-order valence-electron chi connectivity index (χ0n) is 10.1. The molecule has 1 saturated carbocycles. The molecule has 16 heavy (non-hydrogen) atoms. The molecule has 0 aromatic rings. The molecule has 0 aromatic heterocycles. The third kappa shape index (κ3) is 3.04. The molecule has 1 aliphatic carbocycles. The molecule has 4 heteroatoms. The van der Waals surface area contributed by atoms with Crippen LogP contribution in [-0.4, -0.2) is 30.6 Å². The van der Waals surface area contributed by atoms with E-state index in [0.29, 0.717) is 13.2 Å². The third-order valence-corrected chi connectivity index (χ3v) is 2.95. The average molecular weight is 228 g/mol. The minimum absolute atomic E-state index is 0.120. The summed E-state index contributed by atoms with van der Waals surface area (Å²) in [5.74, 6) is -0.566. The zero-order chi connectivity index (χ0) is 12.0. The van der Waals surface area contributed by atoms with Crippen molar-refractivity contribution in [2.24, 2.45) is 0 Å². The predicted molar refractivity (Wildman–Crippen MR) is 59.1 cm³/mol. The molecule has 0 amide bonds. The van der Waals surface area contributed by atoms with E-state index in [0.717, 1.165) is 25.7 Å². The minimum atomic E-state index is -0.707. The van der Waals surface area contributed by atoms with E-state index in [-0.39, 0.29) is 12.2 Å². The molecule has 0 bridgehead atoms. The lowest BCUT2D eigenvalue weighted by Crippen LogP contribution is -2.40. The molecule has 0 N–H and O–H groups in total. The summed E-state index contributed by atoms with van der Waals surface area (Å²) in [7, 11) is 0. The Morgan fingerprint density at radius 3 is 2.25 bits per heavy atom. The Kier molecular flexibility index (Phi) is 4.93. The zero-order valence-corrected chi connectivity index (χ0v) is 10.1. The van der Waals surface area contributed by atoms with Crippen LogP contribution in [0, 0.1) is 0 Å². The third-order valence-electron chi connectivity index (χ3n) is 2.95. The minimum Gasteiger partial charge on any atom is -0.466 e. The first-order valence-electron chi connectivity index (χ1n) is 5.97. The first kappa shape index (κ1) is 13.2. The standard InChI is InChI=1S/C12H20O4/c1-3-15-11(14)9-10(13)12(16-4-2)7-5-6-8-12/h3-9H2,1-2H3. The van der Waals surface area contributed by atoms with Crippen molar-refractivity contribution in [3.8, 4) is 0 Å². The van der Waals surface area contributed by atoms with Crippen molar-refractivity contribution in [3.63, 3.8) is 0 Å². The maximum Gasteiger partial charge on any atom is 0.313 e. The second-order valence-electron chi connectivity index (χ2n) is 4.04. The highest BCUT2D eigenvalue weighted by Gasteiger charge is 2.42. The summed E-state index contributed by atoms with van der Waals surface area (Å²) >= 11 is 0. The molecular weight excluding hydrogens is 208 g/mol. The highest BCUT2D eigenvalue weighted by molar-refractivity contribution is 6.00. The molecule has 0 atom stereocenters. The number of esters is 1. The van der Waals surface area contributed by atoms with Crippen molar-refractivity contribution in [2.75, 3.05) is 13.2 Å².